The molecule has 1 atom stereocenters. The second-order valence-corrected chi connectivity index (χ2v) is 4.96. The minimum absolute atomic E-state index is 0.0919. The van der Waals surface area contributed by atoms with Gasteiger partial charge in [-0.25, -0.2) is 0 Å². The molecular weight excluding hydrogens is 268 g/mol. The fraction of sp³-hybridized carbons (Fsp3) is 0.417. The highest BCUT2D eigenvalue weighted by atomic mass is 79.9. The minimum atomic E-state index is 0.0919. The molecule has 4 heteroatoms. The fourth-order valence-corrected chi connectivity index (χ4v) is 2.53. The van der Waals surface area contributed by atoms with Crippen molar-refractivity contribution in [3.63, 3.8) is 0 Å². The summed E-state index contributed by atoms with van der Waals surface area (Å²) in [5.41, 5.74) is 6.40. The number of carbonyl (C=O) groups is 1. The van der Waals surface area contributed by atoms with Crippen LogP contribution in [0, 0.1) is 0 Å². The second kappa shape index (κ2) is 4.97. The zero-order valence-corrected chi connectivity index (χ0v) is 10.6. The van der Waals surface area contributed by atoms with Crippen LogP contribution >= 0.6 is 15.9 Å². The lowest BCUT2D eigenvalue weighted by molar-refractivity contribution is 0.0741. The zero-order chi connectivity index (χ0) is 11.5. The van der Waals surface area contributed by atoms with Crippen molar-refractivity contribution in [2.45, 2.75) is 18.9 Å². The Bertz CT molecular complexity index is 394. The number of carbonyl (C=O) groups excluding carboxylic acids is 1. The molecule has 1 heterocycles. The first-order valence-corrected chi connectivity index (χ1v) is 6.28. The first kappa shape index (κ1) is 11.6. The average Bonchev–Trinajstić information content (AvgIpc) is 2.76. The topological polar surface area (TPSA) is 46.3 Å². The predicted molar refractivity (Wildman–Crippen MR) is 67.3 cm³/mol. The molecule has 0 radical (unpaired) electrons. The molecule has 0 spiro atoms. The molecule has 1 fully saturated rings. The maximum absolute atomic E-state index is 12.2. The van der Waals surface area contributed by atoms with Crippen LogP contribution < -0.4 is 5.73 Å². The molecule has 0 aliphatic carbocycles. The van der Waals surface area contributed by atoms with Gasteiger partial charge in [-0.05, 0) is 31.0 Å². The number of nitrogens with zero attached hydrogens (tertiary/aromatic N) is 1. The lowest BCUT2D eigenvalue weighted by atomic mass is 10.1. The third kappa shape index (κ3) is 2.28. The molecule has 1 unspecified atom stereocenters. The van der Waals surface area contributed by atoms with Gasteiger partial charge in [-0.3, -0.25) is 4.79 Å². The molecule has 3 nitrogen and oxygen atoms in total. The van der Waals surface area contributed by atoms with Gasteiger partial charge in [0.25, 0.3) is 5.91 Å². The molecular formula is C12H15BrN2O. The van der Waals surface area contributed by atoms with Crippen molar-refractivity contribution in [1.82, 2.24) is 4.90 Å². The summed E-state index contributed by atoms with van der Waals surface area (Å²) in [6.07, 6.45) is 2.08. The lowest BCUT2D eigenvalue weighted by Crippen LogP contribution is -2.39. The molecule has 1 saturated heterocycles. The maximum atomic E-state index is 12.2. The van der Waals surface area contributed by atoms with E-state index in [0.717, 1.165) is 29.4 Å². The Hall–Kier alpha value is -0.870. The van der Waals surface area contributed by atoms with Crippen LogP contribution in [0.15, 0.2) is 28.7 Å². The molecule has 0 aromatic heterocycles. The van der Waals surface area contributed by atoms with E-state index in [4.69, 9.17) is 5.73 Å². The van der Waals surface area contributed by atoms with E-state index in [2.05, 4.69) is 15.9 Å². The van der Waals surface area contributed by atoms with E-state index in [1.165, 1.54) is 0 Å². The average molecular weight is 283 g/mol. The Balaban J connectivity index is 2.18. The third-order valence-electron chi connectivity index (χ3n) is 2.98. The van der Waals surface area contributed by atoms with Crippen LogP contribution in [0.4, 0.5) is 0 Å². The van der Waals surface area contributed by atoms with Crippen molar-refractivity contribution >= 4 is 21.8 Å². The zero-order valence-electron chi connectivity index (χ0n) is 9.03. The number of amides is 1. The van der Waals surface area contributed by atoms with Gasteiger partial charge in [0, 0.05) is 29.2 Å². The van der Waals surface area contributed by atoms with Crippen LogP contribution in [0.2, 0.25) is 0 Å². The van der Waals surface area contributed by atoms with Gasteiger partial charge in [0.1, 0.15) is 0 Å². The highest BCUT2D eigenvalue weighted by molar-refractivity contribution is 9.10. The van der Waals surface area contributed by atoms with Crippen LogP contribution in [0.5, 0.6) is 0 Å². The molecule has 1 aromatic rings. The van der Waals surface area contributed by atoms with Gasteiger partial charge >= 0.3 is 0 Å². The number of likely N-dealkylation sites (tertiary alicyclic amines) is 1. The summed E-state index contributed by atoms with van der Waals surface area (Å²) in [5, 5.41) is 0. The number of hydrogen-bond acceptors (Lipinski definition) is 2. The number of rotatable bonds is 2. The van der Waals surface area contributed by atoms with E-state index in [0.29, 0.717) is 6.54 Å². The molecule has 2 rings (SSSR count). The third-order valence-corrected chi connectivity index (χ3v) is 3.47. The maximum Gasteiger partial charge on any atom is 0.254 e. The molecule has 0 bridgehead atoms. The molecule has 16 heavy (non-hydrogen) atoms. The summed E-state index contributed by atoms with van der Waals surface area (Å²) in [5.74, 6) is 0.0919. The van der Waals surface area contributed by atoms with Gasteiger partial charge in [0.2, 0.25) is 0 Å². The largest absolute Gasteiger partial charge is 0.334 e. The summed E-state index contributed by atoms with van der Waals surface area (Å²) < 4.78 is 0.932. The molecule has 86 valence electrons. The number of benzene rings is 1. The number of halogens is 1. The van der Waals surface area contributed by atoms with Gasteiger partial charge < -0.3 is 10.6 Å². The fourth-order valence-electron chi connectivity index (χ4n) is 2.14. The van der Waals surface area contributed by atoms with Crippen LogP contribution in [0.3, 0.4) is 0 Å². The van der Waals surface area contributed by atoms with Crippen LogP contribution in [-0.2, 0) is 0 Å². The van der Waals surface area contributed by atoms with E-state index < -0.39 is 0 Å². The summed E-state index contributed by atoms with van der Waals surface area (Å²) in [6.45, 7) is 1.38. The summed E-state index contributed by atoms with van der Waals surface area (Å²) in [7, 11) is 0. The highest BCUT2D eigenvalue weighted by Crippen LogP contribution is 2.20. The Morgan fingerprint density at radius 3 is 3.06 bits per heavy atom. The Kier molecular flexibility index (Phi) is 3.61. The second-order valence-electron chi connectivity index (χ2n) is 4.04. The first-order chi connectivity index (χ1) is 7.72. The van der Waals surface area contributed by atoms with Crippen molar-refractivity contribution in [2.24, 2.45) is 5.73 Å². The number of hydrogen-bond donors (Lipinski definition) is 1. The first-order valence-electron chi connectivity index (χ1n) is 5.49. The summed E-state index contributed by atoms with van der Waals surface area (Å²) in [6, 6.07) is 7.71. The molecule has 2 N–H and O–H groups in total. The molecule has 1 aliphatic heterocycles. The molecule has 1 aliphatic rings. The monoisotopic (exact) mass is 282 g/mol. The van der Waals surface area contributed by atoms with Gasteiger partial charge in [-0.15, -0.1) is 0 Å². The summed E-state index contributed by atoms with van der Waals surface area (Å²) in [4.78, 5) is 14.1. The predicted octanol–water partition coefficient (Wildman–Crippen LogP) is 2.01. The van der Waals surface area contributed by atoms with E-state index in [1.807, 2.05) is 29.2 Å². The van der Waals surface area contributed by atoms with Gasteiger partial charge in [0.15, 0.2) is 0 Å². The molecule has 1 aromatic carbocycles. The van der Waals surface area contributed by atoms with E-state index in [9.17, 15) is 4.79 Å². The smallest absolute Gasteiger partial charge is 0.254 e. The minimum Gasteiger partial charge on any atom is -0.334 e. The molecule has 0 saturated carbocycles. The molecule has 1 amide bonds. The van der Waals surface area contributed by atoms with E-state index in [1.54, 1.807) is 0 Å². The van der Waals surface area contributed by atoms with E-state index >= 15 is 0 Å². The van der Waals surface area contributed by atoms with Crippen molar-refractivity contribution in [2.75, 3.05) is 13.1 Å². The quantitative estimate of drug-likeness (QED) is 0.902. The summed E-state index contributed by atoms with van der Waals surface area (Å²) >= 11 is 3.38. The van der Waals surface area contributed by atoms with Crippen LogP contribution in [0.1, 0.15) is 23.2 Å². The Labute approximate surface area is 104 Å². The van der Waals surface area contributed by atoms with Gasteiger partial charge in [0.05, 0.1) is 0 Å². The van der Waals surface area contributed by atoms with Gasteiger partial charge in [-0.1, -0.05) is 22.0 Å². The highest BCUT2D eigenvalue weighted by Gasteiger charge is 2.28. The van der Waals surface area contributed by atoms with Crippen molar-refractivity contribution in [3.8, 4) is 0 Å². The van der Waals surface area contributed by atoms with E-state index in [-0.39, 0.29) is 11.9 Å². The van der Waals surface area contributed by atoms with Crippen LogP contribution in [0.25, 0.3) is 0 Å². The Morgan fingerprint density at radius 2 is 2.38 bits per heavy atom. The van der Waals surface area contributed by atoms with Crippen molar-refractivity contribution in [3.05, 3.63) is 34.3 Å². The Morgan fingerprint density at radius 1 is 1.56 bits per heavy atom. The van der Waals surface area contributed by atoms with Crippen molar-refractivity contribution in [1.29, 1.82) is 0 Å². The standard InChI is InChI=1S/C12H15BrN2O/c13-10-4-1-3-9(7-10)12(16)15-6-2-5-11(15)8-14/h1,3-4,7,11H,2,5-6,8,14H2. The SMILES string of the molecule is NCC1CCCN1C(=O)c1cccc(Br)c1. The number of nitrogens with two attached hydrogens (primary N) is 1. The van der Waals surface area contributed by atoms with Gasteiger partial charge in [-0.2, -0.15) is 0 Å². The van der Waals surface area contributed by atoms with Crippen LogP contribution in [-0.4, -0.2) is 29.9 Å². The lowest BCUT2D eigenvalue weighted by Gasteiger charge is -2.23. The van der Waals surface area contributed by atoms with Crippen molar-refractivity contribution < 1.29 is 4.79 Å². The normalized spacial score (nSPS) is 20.1.